The van der Waals surface area contributed by atoms with Crippen molar-refractivity contribution in [2.45, 2.75) is 26.7 Å². The quantitative estimate of drug-likeness (QED) is 0.427. The summed E-state index contributed by atoms with van der Waals surface area (Å²) in [6.07, 6.45) is 0. The molecule has 1 rings (SSSR count). The van der Waals surface area contributed by atoms with Crippen LogP contribution in [0, 0.1) is 5.92 Å². The van der Waals surface area contributed by atoms with Gasteiger partial charge in [0.25, 0.3) is 0 Å². The summed E-state index contributed by atoms with van der Waals surface area (Å²) in [6, 6.07) is 8.27. The van der Waals surface area contributed by atoms with Gasteiger partial charge in [-0.15, -0.1) is 0 Å². The highest BCUT2D eigenvalue weighted by molar-refractivity contribution is 9.09. The fourth-order valence-corrected chi connectivity index (χ4v) is 1.70. The lowest BCUT2D eigenvalue weighted by Crippen LogP contribution is -2.05. The van der Waals surface area contributed by atoms with Crippen molar-refractivity contribution in [1.29, 1.82) is 0 Å². The van der Waals surface area contributed by atoms with E-state index in [1.165, 1.54) is 5.56 Å². The summed E-state index contributed by atoms with van der Waals surface area (Å²) >= 11 is 3.29. The summed E-state index contributed by atoms with van der Waals surface area (Å²) in [7, 11) is 0. The third-order valence-electron chi connectivity index (χ3n) is 2.94. The maximum atomic E-state index is 5.46. The van der Waals surface area contributed by atoms with E-state index in [4.69, 9.17) is 9.47 Å². The molecule has 1 aromatic rings. The van der Waals surface area contributed by atoms with Crippen LogP contribution in [0.5, 0.6) is 5.75 Å². The highest BCUT2D eigenvalue weighted by Crippen LogP contribution is 2.25. The first-order valence-electron chi connectivity index (χ1n) is 6.01. The fraction of sp³-hybridized carbons (Fsp3) is 0.571. The second kappa shape index (κ2) is 7.72. The highest BCUT2D eigenvalue weighted by Gasteiger charge is 2.09. The molecule has 0 aliphatic carbocycles. The maximum absolute atomic E-state index is 5.46. The Morgan fingerprint density at radius 2 is 1.76 bits per heavy atom. The van der Waals surface area contributed by atoms with Crippen LogP contribution in [0.25, 0.3) is 0 Å². The first-order valence-corrected chi connectivity index (χ1v) is 7.13. The molecule has 0 saturated carbocycles. The first-order chi connectivity index (χ1) is 8.15. The first kappa shape index (κ1) is 14.5. The number of hydrogen-bond acceptors (Lipinski definition) is 2. The number of rotatable bonds is 7. The van der Waals surface area contributed by atoms with Crippen molar-refractivity contribution >= 4 is 15.9 Å². The molecule has 96 valence electrons. The topological polar surface area (TPSA) is 18.5 Å². The van der Waals surface area contributed by atoms with Crippen LogP contribution < -0.4 is 4.74 Å². The molecule has 0 fully saturated rings. The van der Waals surface area contributed by atoms with Crippen molar-refractivity contribution in [2.24, 2.45) is 5.92 Å². The number of benzene rings is 1. The molecule has 17 heavy (non-hydrogen) atoms. The van der Waals surface area contributed by atoms with Gasteiger partial charge in [-0.1, -0.05) is 48.8 Å². The lowest BCUT2D eigenvalue weighted by molar-refractivity contribution is 0.0241. The third-order valence-corrected chi connectivity index (χ3v) is 3.26. The Hall–Kier alpha value is -0.540. The Morgan fingerprint density at radius 3 is 2.29 bits per heavy atom. The fourth-order valence-electron chi connectivity index (χ4n) is 1.48. The van der Waals surface area contributed by atoms with Crippen molar-refractivity contribution in [3.63, 3.8) is 0 Å². The van der Waals surface area contributed by atoms with Crippen molar-refractivity contribution < 1.29 is 9.47 Å². The summed E-state index contributed by atoms with van der Waals surface area (Å²) in [5.41, 5.74) is 1.36. The minimum atomic E-state index is 0.310. The van der Waals surface area contributed by atoms with Crippen molar-refractivity contribution in [2.75, 3.05) is 18.7 Å². The van der Waals surface area contributed by atoms with Gasteiger partial charge in [-0.25, -0.2) is 0 Å². The van der Waals surface area contributed by atoms with Crippen molar-refractivity contribution in [3.8, 4) is 5.75 Å². The minimum absolute atomic E-state index is 0.310. The molecule has 1 unspecified atom stereocenters. The van der Waals surface area contributed by atoms with Crippen LogP contribution in [-0.2, 0) is 4.74 Å². The molecule has 0 aliphatic heterocycles. The molecule has 0 radical (unpaired) electrons. The average Bonchev–Trinajstić information content (AvgIpc) is 2.34. The summed E-state index contributed by atoms with van der Waals surface area (Å²) in [5, 5.41) is 0.835. The van der Waals surface area contributed by atoms with E-state index in [-0.39, 0.29) is 0 Å². The molecule has 0 bridgehead atoms. The Bertz CT molecular complexity index is 309. The van der Waals surface area contributed by atoms with E-state index in [9.17, 15) is 0 Å². The number of alkyl halides is 1. The summed E-state index contributed by atoms with van der Waals surface area (Å²) in [6.45, 7) is 7.71. The predicted octanol–water partition coefficient (Wildman–Crippen LogP) is 4.19. The van der Waals surface area contributed by atoms with Crippen LogP contribution in [0.4, 0.5) is 0 Å². The van der Waals surface area contributed by atoms with Crippen LogP contribution in [0.2, 0.25) is 0 Å². The molecule has 1 atom stereocenters. The van der Waals surface area contributed by atoms with Gasteiger partial charge >= 0.3 is 0 Å². The molecule has 0 saturated heterocycles. The average molecular weight is 301 g/mol. The highest BCUT2D eigenvalue weighted by atomic mass is 79.9. The van der Waals surface area contributed by atoms with E-state index in [0.29, 0.717) is 25.2 Å². The van der Waals surface area contributed by atoms with E-state index in [2.05, 4.69) is 48.8 Å². The molecule has 3 heteroatoms. The van der Waals surface area contributed by atoms with Crippen LogP contribution in [0.1, 0.15) is 32.3 Å². The molecule has 0 aromatic heterocycles. The normalized spacial score (nSPS) is 12.8. The standard InChI is InChI=1S/C14H21BrO2/c1-11(2)12(3)13-4-6-14(7-5-13)17-10-16-9-8-15/h4-7,11-12H,8-10H2,1-3H3. The zero-order valence-electron chi connectivity index (χ0n) is 10.8. The Kier molecular flexibility index (Phi) is 6.60. The molecule has 0 N–H and O–H groups in total. The van der Waals surface area contributed by atoms with Gasteiger partial charge in [0.2, 0.25) is 0 Å². The van der Waals surface area contributed by atoms with Crippen molar-refractivity contribution in [1.82, 2.24) is 0 Å². The number of hydrogen-bond donors (Lipinski definition) is 0. The van der Waals surface area contributed by atoms with Gasteiger partial charge in [-0.3, -0.25) is 0 Å². The number of ether oxygens (including phenoxy) is 2. The van der Waals surface area contributed by atoms with Crippen molar-refractivity contribution in [3.05, 3.63) is 29.8 Å². The monoisotopic (exact) mass is 300 g/mol. The molecule has 0 heterocycles. The van der Waals surface area contributed by atoms with Gasteiger partial charge in [0.15, 0.2) is 6.79 Å². The number of halogens is 1. The van der Waals surface area contributed by atoms with Gasteiger partial charge in [0, 0.05) is 5.33 Å². The van der Waals surface area contributed by atoms with E-state index >= 15 is 0 Å². The van der Waals surface area contributed by atoms with Gasteiger partial charge in [-0.2, -0.15) is 0 Å². The SMILES string of the molecule is CC(C)C(C)c1ccc(OCOCCBr)cc1. The molecular weight excluding hydrogens is 280 g/mol. The second-order valence-electron chi connectivity index (χ2n) is 4.46. The molecule has 1 aromatic carbocycles. The largest absolute Gasteiger partial charge is 0.468 e. The van der Waals surface area contributed by atoms with Crippen LogP contribution >= 0.6 is 15.9 Å². The van der Waals surface area contributed by atoms with Crippen LogP contribution in [0.15, 0.2) is 24.3 Å². The zero-order valence-corrected chi connectivity index (χ0v) is 12.4. The van der Waals surface area contributed by atoms with E-state index in [0.717, 1.165) is 11.1 Å². The molecule has 2 nitrogen and oxygen atoms in total. The summed E-state index contributed by atoms with van der Waals surface area (Å²) in [5.74, 6) is 2.09. The van der Waals surface area contributed by atoms with Gasteiger partial charge in [-0.05, 0) is 29.5 Å². The predicted molar refractivity (Wildman–Crippen MR) is 74.9 cm³/mol. The lowest BCUT2D eigenvalue weighted by Gasteiger charge is -2.16. The van der Waals surface area contributed by atoms with Gasteiger partial charge < -0.3 is 9.47 Å². The maximum Gasteiger partial charge on any atom is 0.189 e. The van der Waals surface area contributed by atoms with Gasteiger partial charge in [0.1, 0.15) is 5.75 Å². The Balaban J connectivity index is 2.44. The van der Waals surface area contributed by atoms with Crippen LogP contribution in [0.3, 0.4) is 0 Å². The van der Waals surface area contributed by atoms with E-state index < -0.39 is 0 Å². The second-order valence-corrected chi connectivity index (χ2v) is 5.25. The lowest BCUT2D eigenvalue weighted by atomic mass is 9.90. The smallest absolute Gasteiger partial charge is 0.189 e. The summed E-state index contributed by atoms with van der Waals surface area (Å²) < 4.78 is 10.7. The minimum Gasteiger partial charge on any atom is -0.468 e. The van der Waals surface area contributed by atoms with Crippen LogP contribution in [-0.4, -0.2) is 18.7 Å². The Morgan fingerprint density at radius 1 is 1.12 bits per heavy atom. The molecule has 0 aliphatic rings. The molecule has 0 spiro atoms. The van der Waals surface area contributed by atoms with E-state index in [1.54, 1.807) is 0 Å². The molecular formula is C14H21BrO2. The van der Waals surface area contributed by atoms with E-state index in [1.807, 2.05) is 12.1 Å². The molecule has 0 amide bonds. The summed E-state index contributed by atoms with van der Waals surface area (Å²) in [4.78, 5) is 0. The Labute approximate surface area is 112 Å². The third kappa shape index (κ3) is 5.09. The zero-order chi connectivity index (χ0) is 12.7. The van der Waals surface area contributed by atoms with Gasteiger partial charge in [0.05, 0.1) is 6.61 Å².